The summed E-state index contributed by atoms with van der Waals surface area (Å²) in [6, 6.07) is 54.7. The molecule has 11 aromatic rings. The third kappa shape index (κ3) is 19.2. The average Bonchev–Trinajstić information content (AvgIpc) is 1.23. The lowest BCUT2D eigenvalue weighted by Gasteiger charge is -2.37. The van der Waals surface area contributed by atoms with Crippen LogP contribution in [-0.2, 0) is 56.7 Å². The molecular formula is C83H86ClFN4O16S2Si. The summed E-state index contributed by atoms with van der Waals surface area (Å²) in [6.45, 7) is 15.8. The SMILES string of the molecule is COCCOCCOCCOc1ccccc1-c1nccc(COc2ccc(O[Si](C)(C)C(C)(C)C)cc2C[C@@H](Oc2ncnc3sc(-c4ccc(F)cc4)c(-c4ccc(O[C@H](COC(c5ccccc5)(c5ccc(OC)cc5)c5ccc(OC)cc5)COS(=O)(=O)c5ccc(C)cc5)c(Cl)c4C)c23)C(=O)O)n1. The molecule has 0 unspecified atom stereocenters. The Balaban J connectivity index is 0.934. The van der Waals surface area contributed by atoms with E-state index >= 15 is 0 Å². The summed E-state index contributed by atoms with van der Waals surface area (Å²) in [6.07, 6.45) is -0.114. The molecule has 2 atom stereocenters. The number of aromatic nitrogens is 4. The van der Waals surface area contributed by atoms with E-state index in [1.54, 1.807) is 89.0 Å². The molecule has 3 aromatic heterocycles. The van der Waals surface area contributed by atoms with Crippen molar-refractivity contribution in [1.82, 2.24) is 19.9 Å². The normalized spacial score (nSPS) is 12.5. The number of methoxy groups -OCH3 is 3. The Morgan fingerprint density at radius 2 is 1.28 bits per heavy atom. The van der Waals surface area contributed by atoms with E-state index in [-0.39, 0.29) is 52.8 Å². The molecule has 3 heterocycles. The van der Waals surface area contributed by atoms with Crippen LogP contribution in [0, 0.1) is 19.7 Å². The van der Waals surface area contributed by atoms with Gasteiger partial charge in [0.25, 0.3) is 10.1 Å². The molecule has 0 aliphatic rings. The molecule has 0 radical (unpaired) electrons. The highest BCUT2D eigenvalue weighted by molar-refractivity contribution is 7.86. The fourth-order valence-corrected chi connectivity index (χ4v) is 15.0. The number of benzene rings is 8. The van der Waals surface area contributed by atoms with Crippen LogP contribution in [0.2, 0.25) is 23.2 Å². The van der Waals surface area contributed by atoms with Crippen molar-refractivity contribution in [2.75, 3.05) is 74.2 Å². The van der Waals surface area contributed by atoms with Crippen molar-refractivity contribution in [1.29, 1.82) is 0 Å². The van der Waals surface area contributed by atoms with E-state index in [0.29, 0.717) is 133 Å². The highest BCUT2D eigenvalue weighted by Gasteiger charge is 2.41. The van der Waals surface area contributed by atoms with Gasteiger partial charge >= 0.3 is 5.97 Å². The van der Waals surface area contributed by atoms with Crippen LogP contribution in [0.4, 0.5) is 4.39 Å². The van der Waals surface area contributed by atoms with Crippen LogP contribution in [0.25, 0.3) is 43.2 Å². The number of thiophene rings is 1. The molecule has 0 bridgehead atoms. The molecule has 0 aliphatic carbocycles. The Morgan fingerprint density at radius 1 is 0.648 bits per heavy atom. The predicted octanol–water partition coefficient (Wildman–Crippen LogP) is 17.2. The second kappa shape index (κ2) is 35.9. The lowest BCUT2D eigenvalue weighted by atomic mass is 9.80. The number of rotatable bonds is 37. The monoisotopic (exact) mass is 1540 g/mol. The number of para-hydroxylation sites is 1. The van der Waals surface area contributed by atoms with Crippen molar-refractivity contribution in [2.45, 2.75) is 88.5 Å². The second-order valence-electron chi connectivity index (χ2n) is 26.8. The topological polar surface area (TPSA) is 234 Å². The minimum atomic E-state index is -4.38. The van der Waals surface area contributed by atoms with Crippen LogP contribution in [0.5, 0.6) is 40.4 Å². The van der Waals surface area contributed by atoms with E-state index in [2.05, 4.69) is 43.8 Å². The number of carbonyl (C=O) groups is 1. The van der Waals surface area contributed by atoms with Gasteiger partial charge in [0.2, 0.25) is 20.3 Å². The van der Waals surface area contributed by atoms with E-state index in [0.717, 1.165) is 11.1 Å². The zero-order valence-electron chi connectivity index (χ0n) is 61.7. The summed E-state index contributed by atoms with van der Waals surface area (Å²) in [7, 11) is -2.06. The Labute approximate surface area is 638 Å². The van der Waals surface area contributed by atoms with Gasteiger partial charge in [-0.3, -0.25) is 4.18 Å². The predicted molar refractivity (Wildman–Crippen MR) is 416 cm³/mol. The first-order chi connectivity index (χ1) is 52.0. The van der Waals surface area contributed by atoms with Gasteiger partial charge in [-0.25, -0.2) is 29.1 Å². The van der Waals surface area contributed by atoms with Gasteiger partial charge in [-0.05, 0) is 156 Å². The molecule has 0 amide bonds. The maximum absolute atomic E-state index is 14.9. The largest absolute Gasteiger partial charge is 0.543 e. The van der Waals surface area contributed by atoms with E-state index in [1.165, 1.54) is 41.9 Å². The minimum absolute atomic E-state index is 0.0438. The zero-order valence-corrected chi connectivity index (χ0v) is 65.1. The molecule has 11 rings (SSSR count). The number of aryl methyl sites for hydroxylation is 1. The van der Waals surface area contributed by atoms with E-state index in [4.69, 9.17) is 77.5 Å². The van der Waals surface area contributed by atoms with Gasteiger partial charge in [0, 0.05) is 35.7 Å². The first kappa shape index (κ1) is 79.2. The Bertz CT molecular complexity index is 4910. The van der Waals surface area contributed by atoms with Crippen molar-refractivity contribution in [3.8, 4) is 73.3 Å². The van der Waals surface area contributed by atoms with Crippen molar-refractivity contribution in [3.63, 3.8) is 0 Å². The third-order valence-corrected chi connectivity index (χ3v) is 25.8. The first-order valence-corrected chi connectivity index (χ1v) is 40.5. The first-order valence-electron chi connectivity index (χ1n) is 35.0. The van der Waals surface area contributed by atoms with E-state index < -0.39 is 54.6 Å². The number of carboxylic acids is 1. The molecule has 108 heavy (non-hydrogen) atoms. The van der Waals surface area contributed by atoms with Crippen molar-refractivity contribution < 1.29 is 78.7 Å². The molecule has 564 valence electrons. The van der Waals surface area contributed by atoms with Crippen molar-refractivity contribution >= 4 is 57.6 Å². The van der Waals surface area contributed by atoms with Gasteiger partial charge in [0.05, 0.1) is 80.4 Å². The van der Waals surface area contributed by atoms with Crippen LogP contribution >= 0.6 is 22.9 Å². The maximum Gasteiger partial charge on any atom is 0.345 e. The highest BCUT2D eigenvalue weighted by atomic mass is 35.5. The smallest absolute Gasteiger partial charge is 0.345 e. The van der Waals surface area contributed by atoms with E-state index in [9.17, 15) is 22.7 Å². The molecule has 1 N–H and O–H groups in total. The number of ether oxygens (including phenoxy) is 10. The van der Waals surface area contributed by atoms with Crippen LogP contribution in [0.15, 0.2) is 205 Å². The molecule has 0 spiro atoms. The fourth-order valence-electron chi connectivity index (χ4n) is 11.7. The molecule has 0 saturated carbocycles. The Morgan fingerprint density at radius 3 is 1.94 bits per heavy atom. The number of fused-ring (bicyclic) bond motifs is 1. The Kier molecular flexibility index (Phi) is 26.3. The molecule has 8 aromatic carbocycles. The number of carboxylic acid groups (broad SMARTS) is 1. The number of nitrogens with zero attached hydrogens (tertiary/aromatic N) is 4. The summed E-state index contributed by atoms with van der Waals surface area (Å²) in [5, 5.41) is 11.6. The van der Waals surface area contributed by atoms with Crippen molar-refractivity contribution in [3.05, 3.63) is 250 Å². The standard InChI is InChI=1S/C83H86ClFN4O16S2Si/c1-54-20-35-67(36-21-54)107(92,93)102-52-66(51-101-83(58-16-12-11-13-17-58,59-24-30-63(95-7)31-25-59)60-26-32-64(96-8)33-27-60)103-72-39-37-68(55(2)76(72)84)74-75-79(87-53-88-80(75)106-77(74)56-22-28-61(85)29-23-56)104-73(81(90)91)49-57-48-65(105-108(9,10)82(3,4)5)34-38-70(57)100-50-62-40-41-86-78(89-62)69-18-14-15-19-71(69)99-47-46-98-45-44-97-43-42-94-6/h11-41,48,53,66,73H,42-47,49-52H2,1-10H3,(H,90,91)/t66-,73-/m1/s1. The molecule has 0 saturated heterocycles. The molecule has 25 heteroatoms. The lowest BCUT2D eigenvalue weighted by Crippen LogP contribution is -2.43. The summed E-state index contributed by atoms with van der Waals surface area (Å²) in [4.78, 5) is 33.7. The van der Waals surface area contributed by atoms with Gasteiger partial charge in [0.15, 0.2) is 5.82 Å². The van der Waals surface area contributed by atoms with Gasteiger partial charge in [-0.15, -0.1) is 11.3 Å². The number of hydrogen-bond donors (Lipinski definition) is 1. The van der Waals surface area contributed by atoms with Crippen LogP contribution in [0.1, 0.15) is 59.8 Å². The van der Waals surface area contributed by atoms with E-state index in [1.807, 2.05) is 116 Å². The zero-order chi connectivity index (χ0) is 76.6. The minimum Gasteiger partial charge on any atom is -0.543 e. The third-order valence-electron chi connectivity index (χ3n) is 18.5. The van der Waals surface area contributed by atoms with Gasteiger partial charge in [-0.1, -0.05) is 135 Å². The number of aliphatic carboxylic acids is 1. The van der Waals surface area contributed by atoms with Gasteiger partial charge in [-0.2, -0.15) is 8.42 Å². The fraction of sp³-hybridized carbons (Fsp3) is 0.289. The summed E-state index contributed by atoms with van der Waals surface area (Å²) >= 11 is 8.85. The maximum atomic E-state index is 14.9. The number of halogens is 2. The van der Waals surface area contributed by atoms with Crippen LogP contribution < -0.4 is 32.8 Å². The lowest BCUT2D eigenvalue weighted by molar-refractivity contribution is -0.145. The quantitative estimate of drug-likeness (QED) is 0.0165. The van der Waals surface area contributed by atoms with Crippen LogP contribution in [-0.4, -0.2) is 134 Å². The van der Waals surface area contributed by atoms with Crippen molar-refractivity contribution in [2.24, 2.45) is 0 Å². The summed E-state index contributed by atoms with van der Waals surface area (Å²) < 4.78 is 117. The number of hydrogen-bond acceptors (Lipinski definition) is 20. The molecular weight excluding hydrogens is 1460 g/mol. The summed E-state index contributed by atoms with van der Waals surface area (Å²) in [5.41, 5.74) is 5.33. The molecule has 0 fully saturated rings. The van der Waals surface area contributed by atoms with Gasteiger partial charge < -0.3 is 56.9 Å². The second-order valence-corrected chi connectivity index (χ2v) is 34.5. The molecule has 0 aliphatic heterocycles. The molecule has 20 nitrogen and oxygen atoms in total. The van der Waals surface area contributed by atoms with Gasteiger partial charge in [0.1, 0.15) is 83.0 Å². The summed E-state index contributed by atoms with van der Waals surface area (Å²) in [5.74, 6) is 1.30. The highest BCUT2D eigenvalue weighted by Crippen LogP contribution is 2.51. The van der Waals surface area contributed by atoms with Crippen LogP contribution in [0.3, 0.4) is 0 Å². The Hall–Kier alpha value is -9.86. The average molecular weight is 1540 g/mol.